The van der Waals surface area contributed by atoms with E-state index in [1.54, 1.807) is 14.2 Å². The van der Waals surface area contributed by atoms with E-state index in [0.717, 1.165) is 30.3 Å². The maximum Gasteiger partial charge on any atom is 0.319 e. The summed E-state index contributed by atoms with van der Waals surface area (Å²) in [6.07, 6.45) is 3.19. The SMILES string of the molecule is COc1ccc(CCNC(=O)Nc2ccc(N3CCC(C)CC3)cc2)cc1OC. The standard InChI is InChI=1S/C23H31N3O3/c1-17-11-14-26(15-12-17)20-7-5-19(6-8-20)25-23(27)24-13-10-18-4-9-21(28-2)22(16-18)29-3/h4-9,16-17H,10-15H2,1-3H3,(H2,24,25,27). The summed E-state index contributed by atoms with van der Waals surface area (Å²) in [5.41, 5.74) is 3.09. The molecule has 0 aliphatic carbocycles. The number of carbonyl (C=O) groups excluding carboxylic acids is 1. The van der Waals surface area contributed by atoms with Gasteiger partial charge in [0.25, 0.3) is 0 Å². The number of carbonyl (C=O) groups is 1. The smallest absolute Gasteiger partial charge is 0.319 e. The fourth-order valence-electron chi connectivity index (χ4n) is 3.55. The first-order chi connectivity index (χ1) is 14.1. The van der Waals surface area contributed by atoms with Gasteiger partial charge in [-0.15, -0.1) is 0 Å². The molecule has 1 aliphatic heterocycles. The zero-order valence-electron chi connectivity index (χ0n) is 17.5. The lowest BCUT2D eigenvalue weighted by Crippen LogP contribution is -2.32. The number of hydrogen-bond acceptors (Lipinski definition) is 4. The Morgan fingerprint density at radius 3 is 2.38 bits per heavy atom. The van der Waals surface area contributed by atoms with Crippen molar-refractivity contribution in [3.05, 3.63) is 48.0 Å². The van der Waals surface area contributed by atoms with Crippen molar-refractivity contribution in [2.75, 3.05) is 44.1 Å². The lowest BCUT2D eigenvalue weighted by Gasteiger charge is -2.32. The highest BCUT2D eigenvalue weighted by molar-refractivity contribution is 5.89. The van der Waals surface area contributed by atoms with Crippen molar-refractivity contribution in [2.45, 2.75) is 26.2 Å². The van der Waals surface area contributed by atoms with Crippen LogP contribution in [0.3, 0.4) is 0 Å². The van der Waals surface area contributed by atoms with Gasteiger partial charge in [-0.3, -0.25) is 0 Å². The second kappa shape index (κ2) is 10.0. The van der Waals surface area contributed by atoms with E-state index in [-0.39, 0.29) is 6.03 Å². The van der Waals surface area contributed by atoms with Gasteiger partial charge in [0, 0.05) is 31.0 Å². The number of hydrogen-bond donors (Lipinski definition) is 2. The summed E-state index contributed by atoms with van der Waals surface area (Å²) in [4.78, 5) is 14.6. The van der Waals surface area contributed by atoms with E-state index >= 15 is 0 Å². The number of methoxy groups -OCH3 is 2. The van der Waals surface area contributed by atoms with Crippen LogP contribution in [0, 0.1) is 5.92 Å². The summed E-state index contributed by atoms with van der Waals surface area (Å²) in [6.45, 7) is 5.05. The molecule has 1 heterocycles. The van der Waals surface area contributed by atoms with Crippen molar-refractivity contribution in [3.63, 3.8) is 0 Å². The van der Waals surface area contributed by atoms with Gasteiger partial charge in [-0.25, -0.2) is 4.79 Å². The third kappa shape index (κ3) is 5.79. The van der Waals surface area contributed by atoms with Crippen molar-refractivity contribution in [1.82, 2.24) is 5.32 Å². The van der Waals surface area contributed by atoms with Crippen LogP contribution < -0.4 is 25.0 Å². The predicted molar refractivity (Wildman–Crippen MR) is 117 cm³/mol. The van der Waals surface area contributed by atoms with E-state index in [1.165, 1.54) is 18.5 Å². The normalized spacial score (nSPS) is 14.4. The lowest BCUT2D eigenvalue weighted by molar-refractivity contribution is 0.252. The summed E-state index contributed by atoms with van der Waals surface area (Å²) in [5, 5.41) is 5.79. The molecule has 0 unspecified atom stereocenters. The zero-order chi connectivity index (χ0) is 20.6. The molecule has 6 nitrogen and oxygen atoms in total. The minimum atomic E-state index is -0.204. The van der Waals surface area contributed by atoms with Gasteiger partial charge in [-0.2, -0.15) is 0 Å². The van der Waals surface area contributed by atoms with Crippen molar-refractivity contribution >= 4 is 17.4 Å². The summed E-state index contributed by atoms with van der Waals surface area (Å²) in [5.74, 6) is 2.21. The van der Waals surface area contributed by atoms with E-state index in [0.29, 0.717) is 24.5 Å². The van der Waals surface area contributed by atoms with Crippen molar-refractivity contribution in [1.29, 1.82) is 0 Å². The van der Waals surface area contributed by atoms with Crippen LogP contribution in [-0.4, -0.2) is 39.9 Å². The maximum atomic E-state index is 12.2. The summed E-state index contributed by atoms with van der Waals surface area (Å²) < 4.78 is 10.6. The van der Waals surface area contributed by atoms with E-state index < -0.39 is 0 Å². The quantitative estimate of drug-likeness (QED) is 0.731. The Balaban J connectivity index is 1.45. The zero-order valence-corrected chi connectivity index (χ0v) is 17.5. The van der Waals surface area contributed by atoms with Crippen LogP contribution in [0.5, 0.6) is 11.5 Å². The van der Waals surface area contributed by atoms with Crippen molar-refractivity contribution in [2.24, 2.45) is 5.92 Å². The molecule has 2 N–H and O–H groups in total. The third-order valence-electron chi connectivity index (χ3n) is 5.42. The largest absolute Gasteiger partial charge is 0.493 e. The van der Waals surface area contributed by atoms with Gasteiger partial charge >= 0.3 is 6.03 Å². The average molecular weight is 398 g/mol. The van der Waals surface area contributed by atoms with Crippen LogP contribution >= 0.6 is 0 Å². The van der Waals surface area contributed by atoms with Crippen LogP contribution in [0.1, 0.15) is 25.3 Å². The minimum absolute atomic E-state index is 0.204. The Labute approximate surface area is 173 Å². The lowest BCUT2D eigenvalue weighted by atomic mass is 9.99. The second-order valence-electron chi connectivity index (χ2n) is 7.54. The number of urea groups is 1. The number of benzene rings is 2. The number of amides is 2. The molecule has 0 spiro atoms. The van der Waals surface area contributed by atoms with Crippen LogP contribution in [0.25, 0.3) is 0 Å². The van der Waals surface area contributed by atoms with E-state index in [9.17, 15) is 4.79 Å². The summed E-state index contributed by atoms with van der Waals surface area (Å²) in [6, 6.07) is 13.6. The number of ether oxygens (including phenoxy) is 2. The molecule has 0 atom stereocenters. The van der Waals surface area contributed by atoms with Gasteiger partial charge < -0.3 is 25.0 Å². The van der Waals surface area contributed by atoms with E-state index in [2.05, 4.69) is 34.6 Å². The molecule has 2 aromatic carbocycles. The van der Waals surface area contributed by atoms with Gasteiger partial charge in [-0.1, -0.05) is 13.0 Å². The molecule has 1 aliphatic rings. The third-order valence-corrected chi connectivity index (χ3v) is 5.42. The molecule has 29 heavy (non-hydrogen) atoms. The minimum Gasteiger partial charge on any atom is -0.493 e. The van der Waals surface area contributed by atoms with E-state index in [4.69, 9.17) is 9.47 Å². The second-order valence-corrected chi connectivity index (χ2v) is 7.54. The molecular formula is C23H31N3O3. The fraction of sp³-hybridized carbons (Fsp3) is 0.435. The van der Waals surface area contributed by atoms with Gasteiger partial charge in [-0.05, 0) is 67.1 Å². The highest BCUT2D eigenvalue weighted by Crippen LogP contribution is 2.27. The first-order valence-corrected chi connectivity index (χ1v) is 10.2. The number of rotatable bonds is 7. The van der Waals surface area contributed by atoms with Crippen LogP contribution in [0.15, 0.2) is 42.5 Å². The van der Waals surface area contributed by atoms with Gasteiger partial charge in [0.15, 0.2) is 11.5 Å². The molecule has 156 valence electrons. The predicted octanol–water partition coefficient (Wildman–Crippen LogP) is 4.30. The van der Waals surface area contributed by atoms with Crippen LogP contribution in [0.2, 0.25) is 0 Å². The Kier molecular flexibility index (Phi) is 7.22. The topological polar surface area (TPSA) is 62.8 Å². The fourth-order valence-corrected chi connectivity index (χ4v) is 3.55. The molecule has 0 aromatic heterocycles. The Hall–Kier alpha value is -2.89. The molecule has 2 aromatic rings. The number of anilines is 2. The number of nitrogens with zero attached hydrogens (tertiary/aromatic N) is 1. The molecule has 1 saturated heterocycles. The maximum absolute atomic E-state index is 12.2. The highest BCUT2D eigenvalue weighted by Gasteiger charge is 2.15. The van der Waals surface area contributed by atoms with Gasteiger partial charge in [0.2, 0.25) is 0 Å². The van der Waals surface area contributed by atoms with Crippen molar-refractivity contribution in [3.8, 4) is 11.5 Å². The Bertz CT molecular complexity index is 800. The Morgan fingerprint density at radius 2 is 1.72 bits per heavy atom. The molecule has 6 heteroatoms. The Morgan fingerprint density at radius 1 is 1.03 bits per heavy atom. The van der Waals surface area contributed by atoms with Gasteiger partial charge in [0.05, 0.1) is 14.2 Å². The van der Waals surface area contributed by atoms with E-state index in [1.807, 2.05) is 30.3 Å². The molecule has 3 rings (SSSR count). The van der Waals surface area contributed by atoms with Crippen molar-refractivity contribution < 1.29 is 14.3 Å². The first-order valence-electron chi connectivity index (χ1n) is 10.2. The molecule has 0 saturated carbocycles. The molecule has 1 fully saturated rings. The molecular weight excluding hydrogens is 366 g/mol. The average Bonchev–Trinajstić information content (AvgIpc) is 2.75. The van der Waals surface area contributed by atoms with Crippen LogP contribution in [-0.2, 0) is 6.42 Å². The number of nitrogens with one attached hydrogen (secondary N) is 2. The van der Waals surface area contributed by atoms with Crippen LogP contribution in [0.4, 0.5) is 16.2 Å². The first kappa shape index (κ1) is 20.8. The number of piperidine rings is 1. The monoisotopic (exact) mass is 397 g/mol. The summed E-state index contributed by atoms with van der Waals surface area (Å²) >= 11 is 0. The molecule has 2 amide bonds. The highest BCUT2D eigenvalue weighted by atomic mass is 16.5. The van der Waals surface area contributed by atoms with Gasteiger partial charge in [0.1, 0.15) is 0 Å². The molecule has 0 radical (unpaired) electrons. The summed E-state index contributed by atoms with van der Waals surface area (Å²) in [7, 11) is 3.23. The molecule has 0 bridgehead atoms.